The average molecular weight is 285 g/mol. The molecule has 0 amide bonds. The zero-order valence-corrected chi connectivity index (χ0v) is 12.9. The Labute approximate surface area is 125 Å². The topological polar surface area (TPSA) is 33.5 Å². The molecule has 3 rings (SSSR count). The predicted molar refractivity (Wildman–Crippen MR) is 84.7 cm³/mol. The maximum absolute atomic E-state index is 13.2. The van der Waals surface area contributed by atoms with Crippen LogP contribution in [-0.2, 0) is 0 Å². The van der Waals surface area contributed by atoms with Gasteiger partial charge in [0, 0.05) is 5.39 Å². The van der Waals surface area contributed by atoms with Crippen molar-refractivity contribution in [2.75, 3.05) is 13.1 Å². The number of rotatable bonds is 5. The molecule has 0 saturated carbocycles. The molecule has 3 heteroatoms. The van der Waals surface area contributed by atoms with Gasteiger partial charge in [0.15, 0.2) is 5.76 Å². The number of hydrogen-bond donors (Lipinski definition) is 0. The third-order valence-electron chi connectivity index (χ3n) is 4.95. The highest BCUT2D eigenvalue weighted by atomic mass is 16.3. The molecular formula is C18H23NO2. The van der Waals surface area contributed by atoms with Crippen molar-refractivity contribution < 1.29 is 9.21 Å². The first-order valence-corrected chi connectivity index (χ1v) is 7.99. The lowest BCUT2D eigenvalue weighted by atomic mass is 9.85. The van der Waals surface area contributed by atoms with Crippen LogP contribution in [0.1, 0.15) is 50.1 Å². The number of likely N-dealkylation sites (tertiary alicyclic amines) is 1. The molecule has 0 unspecified atom stereocenters. The fraction of sp³-hybridized carbons (Fsp3) is 0.500. The summed E-state index contributed by atoms with van der Waals surface area (Å²) >= 11 is 0. The van der Waals surface area contributed by atoms with Crippen LogP contribution in [0.25, 0.3) is 11.0 Å². The Kier molecular flexibility index (Phi) is 3.85. The van der Waals surface area contributed by atoms with Crippen molar-refractivity contribution in [1.82, 2.24) is 4.90 Å². The zero-order chi connectivity index (χ0) is 14.9. The number of benzene rings is 1. The number of hydrogen-bond acceptors (Lipinski definition) is 3. The smallest absolute Gasteiger partial charge is 0.218 e. The molecule has 1 fully saturated rings. The first-order valence-electron chi connectivity index (χ1n) is 7.99. The summed E-state index contributed by atoms with van der Waals surface area (Å²) in [5.74, 6) is 0.650. The van der Waals surface area contributed by atoms with Gasteiger partial charge in [-0.1, -0.05) is 32.0 Å². The minimum absolute atomic E-state index is 0.144. The Morgan fingerprint density at radius 1 is 1.19 bits per heavy atom. The van der Waals surface area contributed by atoms with E-state index < -0.39 is 5.54 Å². The molecule has 1 aromatic heterocycles. The van der Waals surface area contributed by atoms with E-state index in [-0.39, 0.29) is 5.78 Å². The van der Waals surface area contributed by atoms with E-state index in [9.17, 15) is 4.79 Å². The van der Waals surface area contributed by atoms with Gasteiger partial charge >= 0.3 is 0 Å². The molecule has 2 aromatic rings. The van der Waals surface area contributed by atoms with Crippen molar-refractivity contribution in [2.24, 2.45) is 0 Å². The third-order valence-corrected chi connectivity index (χ3v) is 4.95. The summed E-state index contributed by atoms with van der Waals surface area (Å²) in [6, 6.07) is 9.72. The lowest BCUT2D eigenvalue weighted by Gasteiger charge is -2.38. The number of carbonyl (C=O) groups is 1. The van der Waals surface area contributed by atoms with Crippen LogP contribution in [0.2, 0.25) is 0 Å². The van der Waals surface area contributed by atoms with Gasteiger partial charge in [0.25, 0.3) is 0 Å². The highest BCUT2D eigenvalue weighted by Crippen LogP contribution is 2.33. The number of nitrogens with zero attached hydrogens (tertiary/aromatic N) is 1. The molecule has 0 spiro atoms. The van der Waals surface area contributed by atoms with Crippen molar-refractivity contribution in [3.05, 3.63) is 36.1 Å². The van der Waals surface area contributed by atoms with Gasteiger partial charge in [-0.05, 0) is 50.9 Å². The van der Waals surface area contributed by atoms with Crippen molar-refractivity contribution in [1.29, 1.82) is 0 Å². The number of ketones is 1. The second-order valence-corrected chi connectivity index (χ2v) is 5.91. The SMILES string of the molecule is CCC(CC)(C(=O)c1cc2ccccc2o1)N1CCCC1. The summed E-state index contributed by atoms with van der Waals surface area (Å²) in [6.07, 6.45) is 4.04. The summed E-state index contributed by atoms with van der Waals surface area (Å²) in [6.45, 7) is 6.27. The van der Waals surface area contributed by atoms with E-state index in [4.69, 9.17) is 4.42 Å². The van der Waals surface area contributed by atoms with Crippen molar-refractivity contribution in [2.45, 2.75) is 45.1 Å². The Balaban J connectivity index is 2.00. The summed E-state index contributed by atoms with van der Waals surface area (Å²) in [5, 5.41) is 1.00. The maximum Gasteiger partial charge on any atom is 0.218 e. The molecule has 1 aliphatic heterocycles. The zero-order valence-electron chi connectivity index (χ0n) is 12.9. The number of Topliss-reactive ketones (excluding diaryl/α,β-unsaturated/α-hetero) is 1. The normalized spacial score (nSPS) is 16.7. The van der Waals surface area contributed by atoms with Crippen LogP contribution in [0.3, 0.4) is 0 Å². The van der Waals surface area contributed by atoms with Crippen LogP contribution in [-0.4, -0.2) is 29.3 Å². The van der Waals surface area contributed by atoms with Gasteiger partial charge in [-0.2, -0.15) is 0 Å². The molecule has 21 heavy (non-hydrogen) atoms. The molecule has 3 nitrogen and oxygen atoms in total. The van der Waals surface area contributed by atoms with Crippen molar-refractivity contribution in [3.63, 3.8) is 0 Å². The van der Waals surface area contributed by atoms with Gasteiger partial charge in [-0.15, -0.1) is 0 Å². The average Bonchev–Trinajstić information content (AvgIpc) is 3.18. The minimum atomic E-state index is -0.398. The van der Waals surface area contributed by atoms with Gasteiger partial charge in [0.2, 0.25) is 5.78 Å². The fourth-order valence-electron chi connectivity index (χ4n) is 3.63. The molecular weight excluding hydrogens is 262 g/mol. The van der Waals surface area contributed by atoms with E-state index in [0.717, 1.165) is 36.9 Å². The predicted octanol–water partition coefficient (Wildman–Crippen LogP) is 4.27. The summed E-state index contributed by atoms with van der Waals surface area (Å²) in [7, 11) is 0. The molecule has 1 aromatic carbocycles. The largest absolute Gasteiger partial charge is 0.453 e. The van der Waals surface area contributed by atoms with E-state index >= 15 is 0 Å². The summed E-state index contributed by atoms with van der Waals surface area (Å²) in [4.78, 5) is 15.5. The van der Waals surface area contributed by atoms with E-state index in [1.165, 1.54) is 12.8 Å². The Hall–Kier alpha value is -1.61. The van der Waals surface area contributed by atoms with Gasteiger partial charge in [-0.3, -0.25) is 9.69 Å². The second-order valence-electron chi connectivity index (χ2n) is 5.91. The maximum atomic E-state index is 13.2. The van der Waals surface area contributed by atoms with Crippen LogP contribution in [0.15, 0.2) is 34.7 Å². The van der Waals surface area contributed by atoms with E-state index in [1.54, 1.807) is 0 Å². The molecule has 112 valence electrons. The monoisotopic (exact) mass is 285 g/mol. The van der Waals surface area contributed by atoms with Crippen LogP contribution in [0.4, 0.5) is 0 Å². The molecule has 1 saturated heterocycles. The Morgan fingerprint density at radius 2 is 1.86 bits per heavy atom. The summed E-state index contributed by atoms with van der Waals surface area (Å²) < 4.78 is 5.82. The van der Waals surface area contributed by atoms with Gasteiger partial charge in [0.1, 0.15) is 5.58 Å². The quantitative estimate of drug-likeness (QED) is 0.769. The van der Waals surface area contributed by atoms with Crippen LogP contribution < -0.4 is 0 Å². The number of furan rings is 1. The highest BCUT2D eigenvalue weighted by Gasteiger charge is 2.43. The van der Waals surface area contributed by atoms with Gasteiger partial charge < -0.3 is 4.42 Å². The molecule has 1 aliphatic rings. The first-order chi connectivity index (χ1) is 10.2. The Morgan fingerprint density at radius 3 is 2.48 bits per heavy atom. The fourth-order valence-corrected chi connectivity index (χ4v) is 3.63. The van der Waals surface area contributed by atoms with E-state index in [0.29, 0.717) is 5.76 Å². The number of para-hydroxylation sites is 1. The second kappa shape index (κ2) is 5.64. The van der Waals surface area contributed by atoms with Crippen molar-refractivity contribution in [3.8, 4) is 0 Å². The van der Waals surface area contributed by atoms with Gasteiger partial charge in [-0.25, -0.2) is 0 Å². The van der Waals surface area contributed by atoms with Crippen LogP contribution >= 0.6 is 0 Å². The minimum Gasteiger partial charge on any atom is -0.453 e. The van der Waals surface area contributed by atoms with Crippen LogP contribution in [0.5, 0.6) is 0 Å². The first kappa shape index (κ1) is 14.3. The molecule has 0 radical (unpaired) electrons. The molecule has 0 atom stereocenters. The van der Waals surface area contributed by atoms with Crippen LogP contribution in [0, 0.1) is 0 Å². The standard InChI is InChI=1S/C18H23NO2/c1-3-18(4-2,19-11-7-8-12-19)17(20)16-13-14-9-5-6-10-15(14)21-16/h5-6,9-10,13H,3-4,7-8,11-12H2,1-2H3. The van der Waals surface area contributed by atoms with E-state index in [2.05, 4.69) is 18.7 Å². The highest BCUT2D eigenvalue weighted by molar-refractivity contribution is 6.03. The molecule has 0 N–H and O–H groups in total. The molecule has 0 aliphatic carbocycles. The Bertz CT molecular complexity index is 600. The van der Waals surface area contributed by atoms with Gasteiger partial charge in [0.05, 0.1) is 5.54 Å². The third kappa shape index (κ3) is 2.30. The molecule has 0 bridgehead atoms. The number of fused-ring (bicyclic) bond motifs is 1. The van der Waals surface area contributed by atoms with Crippen molar-refractivity contribution >= 4 is 16.8 Å². The lowest BCUT2D eigenvalue weighted by Crippen LogP contribution is -2.52. The lowest BCUT2D eigenvalue weighted by molar-refractivity contribution is 0.0554. The number of carbonyl (C=O) groups excluding carboxylic acids is 1. The summed E-state index contributed by atoms with van der Waals surface area (Å²) in [5.41, 5.74) is 0.396. The molecule has 2 heterocycles. The van der Waals surface area contributed by atoms with E-state index in [1.807, 2.05) is 30.3 Å².